The predicted molar refractivity (Wildman–Crippen MR) is 177 cm³/mol. The zero-order valence-electron chi connectivity index (χ0n) is 28.2. The van der Waals surface area contributed by atoms with Crippen molar-refractivity contribution in [2.75, 3.05) is 12.0 Å². The number of anilines is 1. The van der Waals surface area contributed by atoms with Gasteiger partial charge in [-0.1, -0.05) is 29.4 Å². The Morgan fingerprint density at radius 1 is 0.812 bits per heavy atom. The van der Waals surface area contributed by atoms with Crippen LogP contribution in [0, 0.1) is 0 Å². The van der Waals surface area contributed by atoms with E-state index in [0.717, 1.165) is 0 Å². The minimum atomic E-state index is -3.52. The number of aromatic nitrogens is 3. The van der Waals surface area contributed by atoms with Crippen LogP contribution in [-0.4, -0.2) is 65.3 Å². The molecule has 2 aromatic heterocycles. The summed E-state index contributed by atoms with van der Waals surface area (Å²) in [6.07, 6.45) is -0.808. The van der Waals surface area contributed by atoms with Crippen LogP contribution in [0.2, 0.25) is 0 Å². The van der Waals surface area contributed by atoms with Gasteiger partial charge in [-0.3, -0.25) is 0 Å². The first-order valence-electron chi connectivity index (χ1n) is 14.9. The monoisotopic (exact) mass is 678 g/mol. The SMILES string of the molecule is COC(=O)c1ccc(-c2cc(-c3nc(-c4ccc(S(=O)(=O)C(C)C)cc4)cnc3N(C(=O)OC(C)(C)C)C(=O)OC(C)(C)C)on2)cc1. The highest BCUT2D eigenvalue weighted by Gasteiger charge is 2.37. The molecule has 0 fully saturated rings. The number of methoxy groups -OCH3 is 1. The summed E-state index contributed by atoms with van der Waals surface area (Å²) >= 11 is 0. The molecule has 0 saturated heterocycles. The number of nitrogens with zero attached hydrogens (tertiary/aromatic N) is 4. The molecular weight excluding hydrogens is 640 g/mol. The van der Waals surface area contributed by atoms with Crippen LogP contribution in [0.25, 0.3) is 34.0 Å². The largest absolute Gasteiger partial charge is 0.465 e. The summed E-state index contributed by atoms with van der Waals surface area (Å²) in [5.41, 5.74) is 0.00663. The molecule has 13 nitrogen and oxygen atoms in total. The topological polar surface area (TPSA) is 168 Å². The van der Waals surface area contributed by atoms with Crippen molar-refractivity contribution in [3.63, 3.8) is 0 Å². The van der Waals surface area contributed by atoms with Gasteiger partial charge in [0.15, 0.2) is 27.1 Å². The van der Waals surface area contributed by atoms with Crippen molar-refractivity contribution in [2.45, 2.75) is 76.7 Å². The lowest BCUT2D eigenvalue weighted by molar-refractivity contribution is 0.0428. The summed E-state index contributed by atoms with van der Waals surface area (Å²) in [5, 5.41) is 3.53. The Hall–Kier alpha value is -5.11. The number of rotatable bonds is 7. The van der Waals surface area contributed by atoms with E-state index in [1.54, 1.807) is 91.8 Å². The molecular formula is C34H38N4O9S. The fourth-order valence-corrected chi connectivity index (χ4v) is 5.28. The minimum absolute atomic E-state index is 0.0301. The third-order valence-corrected chi connectivity index (χ3v) is 8.73. The number of sulfone groups is 1. The van der Waals surface area contributed by atoms with Crippen molar-refractivity contribution in [3.8, 4) is 34.0 Å². The average molecular weight is 679 g/mol. The highest BCUT2D eigenvalue weighted by atomic mass is 32.2. The van der Waals surface area contributed by atoms with Gasteiger partial charge >= 0.3 is 18.2 Å². The second-order valence-electron chi connectivity index (χ2n) is 13.0. The molecule has 4 aromatic rings. The summed E-state index contributed by atoms with van der Waals surface area (Å²) in [6.45, 7) is 13.1. The molecule has 0 N–H and O–H groups in total. The van der Waals surface area contributed by atoms with E-state index in [4.69, 9.17) is 23.7 Å². The van der Waals surface area contributed by atoms with Gasteiger partial charge in [-0.05, 0) is 79.7 Å². The van der Waals surface area contributed by atoms with Gasteiger partial charge in [0.1, 0.15) is 16.9 Å². The van der Waals surface area contributed by atoms with Gasteiger partial charge in [0, 0.05) is 17.2 Å². The number of hydrogen-bond donors (Lipinski definition) is 0. The number of ether oxygens (including phenoxy) is 3. The van der Waals surface area contributed by atoms with Crippen molar-refractivity contribution in [3.05, 3.63) is 66.4 Å². The zero-order valence-corrected chi connectivity index (χ0v) is 29.0. The van der Waals surface area contributed by atoms with Gasteiger partial charge in [0.2, 0.25) is 0 Å². The van der Waals surface area contributed by atoms with Crippen LogP contribution in [0.4, 0.5) is 15.4 Å². The number of benzene rings is 2. The van der Waals surface area contributed by atoms with Crippen molar-refractivity contribution in [1.29, 1.82) is 0 Å². The van der Waals surface area contributed by atoms with Gasteiger partial charge in [-0.15, -0.1) is 0 Å². The van der Waals surface area contributed by atoms with Gasteiger partial charge < -0.3 is 18.7 Å². The van der Waals surface area contributed by atoms with E-state index >= 15 is 0 Å². The molecule has 0 bridgehead atoms. The van der Waals surface area contributed by atoms with Crippen LogP contribution in [-0.2, 0) is 24.0 Å². The lowest BCUT2D eigenvalue weighted by Gasteiger charge is -2.28. The van der Waals surface area contributed by atoms with Crippen LogP contribution in [0.5, 0.6) is 0 Å². The quantitative estimate of drug-likeness (QED) is 0.144. The molecule has 2 amide bonds. The number of imide groups is 1. The second-order valence-corrected chi connectivity index (χ2v) is 15.5. The van der Waals surface area contributed by atoms with Crippen LogP contribution in [0.1, 0.15) is 65.7 Å². The second kappa shape index (κ2) is 13.6. The summed E-state index contributed by atoms with van der Waals surface area (Å²) in [7, 11) is -2.24. The van der Waals surface area contributed by atoms with E-state index in [1.165, 1.54) is 31.5 Å². The molecule has 0 unspecified atom stereocenters. The maximum Gasteiger partial charge on any atom is 0.425 e. The Kier molecular flexibility index (Phi) is 10.1. The molecule has 2 heterocycles. The summed E-state index contributed by atoms with van der Waals surface area (Å²) < 4.78 is 46.9. The average Bonchev–Trinajstić information content (AvgIpc) is 3.49. The van der Waals surface area contributed by atoms with Gasteiger partial charge in [0.05, 0.1) is 34.7 Å². The summed E-state index contributed by atoms with van der Waals surface area (Å²) in [4.78, 5) is 48.9. The number of esters is 1. The minimum Gasteiger partial charge on any atom is -0.465 e. The van der Waals surface area contributed by atoms with Gasteiger partial charge in [-0.2, -0.15) is 4.90 Å². The highest BCUT2D eigenvalue weighted by molar-refractivity contribution is 7.92. The summed E-state index contributed by atoms with van der Waals surface area (Å²) in [6, 6.07) is 14.1. The molecule has 254 valence electrons. The first-order valence-corrected chi connectivity index (χ1v) is 16.5. The number of hydrogen-bond acceptors (Lipinski definition) is 12. The van der Waals surface area contributed by atoms with Gasteiger partial charge in [-0.25, -0.2) is 32.8 Å². The molecule has 4 rings (SSSR count). The number of carbonyl (C=O) groups excluding carboxylic acids is 3. The molecule has 0 aliphatic rings. The number of amides is 2. The third kappa shape index (κ3) is 8.23. The Bertz CT molecular complexity index is 1890. The van der Waals surface area contributed by atoms with Gasteiger partial charge in [0.25, 0.3) is 0 Å². The van der Waals surface area contributed by atoms with E-state index in [1.807, 2.05) is 0 Å². The summed E-state index contributed by atoms with van der Waals surface area (Å²) in [5.74, 6) is -0.731. The predicted octanol–water partition coefficient (Wildman–Crippen LogP) is 7.11. The maximum atomic E-state index is 13.5. The van der Waals surface area contributed by atoms with Crippen molar-refractivity contribution in [1.82, 2.24) is 15.1 Å². The van der Waals surface area contributed by atoms with Crippen LogP contribution in [0.15, 0.2) is 70.2 Å². The lowest BCUT2D eigenvalue weighted by Crippen LogP contribution is -2.44. The molecule has 0 spiro atoms. The fraction of sp³-hybridized carbons (Fsp3) is 0.353. The highest BCUT2D eigenvalue weighted by Crippen LogP contribution is 2.34. The third-order valence-electron chi connectivity index (χ3n) is 6.56. The molecule has 14 heteroatoms. The van der Waals surface area contributed by atoms with Crippen molar-refractivity contribution < 1.29 is 41.5 Å². The maximum absolute atomic E-state index is 13.5. The van der Waals surface area contributed by atoms with E-state index in [-0.39, 0.29) is 27.9 Å². The first-order chi connectivity index (χ1) is 22.3. The molecule has 0 aliphatic carbocycles. The Morgan fingerprint density at radius 2 is 1.33 bits per heavy atom. The van der Waals surface area contributed by atoms with Crippen LogP contribution in [0.3, 0.4) is 0 Å². The molecule has 0 atom stereocenters. The van der Waals surface area contributed by atoms with Crippen LogP contribution >= 0.6 is 0 Å². The van der Waals surface area contributed by atoms with E-state index in [9.17, 15) is 22.8 Å². The molecule has 48 heavy (non-hydrogen) atoms. The van der Waals surface area contributed by atoms with E-state index in [2.05, 4.69) is 10.1 Å². The smallest absolute Gasteiger partial charge is 0.425 e. The molecule has 2 aromatic carbocycles. The van der Waals surface area contributed by atoms with E-state index < -0.39 is 44.4 Å². The Labute approximate surface area is 279 Å². The molecule has 0 saturated carbocycles. The van der Waals surface area contributed by atoms with Crippen LogP contribution < -0.4 is 4.90 Å². The first kappa shape index (κ1) is 35.7. The fourth-order valence-electron chi connectivity index (χ4n) is 4.22. The van der Waals surface area contributed by atoms with Crippen molar-refractivity contribution in [2.24, 2.45) is 0 Å². The Balaban J connectivity index is 1.89. The Morgan fingerprint density at radius 3 is 1.83 bits per heavy atom. The number of carbonyl (C=O) groups is 3. The zero-order chi connectivity index (χ0) is 35.6. The standard InChI is InChI=1S/C34H38N4O9S/c1-20(2)48(42,43)24-16-14-22(15-17-24)26-19-35-29(38(31(40)45-33(3,4)5)32(41)46-34(6,7)8)28(36-26)27-18-25(37-47-27)21-10-12-23(13-11-21)30(39)44-9/h10-20H,1-9H3. The van der Waals surface area contributed by atoms with E-state index in [0.29, 0.717) is 27.3 Å². The lowest BCUT2D eigenvalue weighted by atomic mass is 10.1. The van der Waals surface area contributed by atoms with Crippen molar-refractivity contribution >= 4 is 33.8 Å². The normalized spacial score (nSPS) is 12.0. The molecule has 0 radical (unpaired) electrons. The molecule has 0 aliphatic heterocycles.